The molecule has 0 spiro atoms. The van der Waals surface area contributed by atoms with Crippen LogP contribution in [-0.2, 0) is 19.7 Å². The first-order valence-corrected chi connectivity index (χ1v) is 5.33. The van der Waals surface area contributed by atoms with Gasteiger partial charge in [0.25, 0.3) is 10.2 Å². The fourth-order valence-electron chi connectivity index (χ4n) is 1.37. The van der Waals surface area contributed by atoms with Crippen molar-refractivity contribution >= 4 is 10.2 Å². The lowest BCUT2D eigenvalue weighted by Crippen LogP contribution is -2.35. The molecule has 0 aromatic carbocycles. The molecule has 1 aliphatic rings. The number of nitrogens with two attached hydrogens (primary N) is 1. The van der Waals surface area contributed by atoms with E-state index in [-0.39, 0.29) is 25.3 Å². The molecule has 1 aliphatic heterocycles. The van der Waals surface area contributed by atoms with Gasteiger partial charge in [0, 0.05) is 27.3 Å². The fraction of sp³-hybridized carbons (Fsp3) is 1.00. The highest BCUT2D eigenvalue weighted by atomic mass is 32.2. The second kappa shape index (κ2) is 3.89. The Bertz CT molecular complexity index is 254. The number of hydrogen-bond acceptors (Lipinski definition) is 4. The van der Waals surface area contributed by atoms with E-state index in [1.54, 1.807) is 0 Å². The molecule has 0 aromatic heterocycles. The van der Waals surface area contributed by atoms with Crippen LogP contribution in [0.1, 0.15) is 0 Å². The lowest BCUT2D eigenvalue weighted by atomic mass is 10.3. The van der Waals surface area contributed by atoms with Gasteiger partial charge in [-0.25, -0.2) is 5.14 Å². The molecular weight excluding hydrogens is 196 g/mol. The van der Waals surface area contributed by atoms with Crippen LogP contribution < -0.4 is 5.14 Å². The lowest BCUT2D eigenvalue weighted by Gasteiger charge is -2.13. The monoisotopic (exact) mass is 210 g/mol. The van der Waals surface area contributed by atoms with Crippen molar-refractivity contribution in [3.8, 4) is 0 Å². The standard InChI is InChI=1S/C6H14N2O4S/c1-11-5-3-8(13(7,9)10)4-6(5)12-2/h5-6H,3-4H2,1-2H3,(H2,7,9,10). The van der Waals surface area contributed by atoms with Gasteiger partial charge in [0.2, 0.25) is 0 Å². The van der Waals surface area contributed by atoms with E-state index in [2.05, 4.69) is 0 Å². The Kier molecular flexibility index (Phi) is 3.25. The molecule has 13 heavy (non-hydrogen) atoms. The van der Waals surface area contributed by atoms with Crippen LogP contribution in [0.5, 0.6) is 0 Å². The molecule has 7 heteroatoms. The molecule has 2 atom stereocenters. The zero-order chi connectivity index (χ0) is 10.1. The van der Waals surface area contributed by atoms with Gasteiger partial charge in [-0.1, -0.05) is 0 Å². The van der Waals surface area contributed by atoms with Crippen LogP contribution >= 0.6 is 0 Å². The average Bonchev–Trinajstić information content (AvgIpc) is 2.45. The zero-order valence-corrected chi connectivity index (χ0v) is 8.45. The summed E-state index contributed by atoms with van der Waals surface area (Å²) >= 11 is 0. The van der Waals surface area contributed by atoms with Crippen molar-refractivity contribution in [2.45, 2.75) is 12.2 Å². The largest absolute Gasteiger partial charge is 0.377 e. The quantitative estimate of drug-likeness (QED) is 0.617. The molecule has 0 aliphatic carbocycles. The third-order valence-electron chi connectivity index (χ3n) is 2.15. The van der Waals surface area contributed by atoms with Gasteiger partial charge in [-0.3, -0.25) is 0 Å². The van der Waals surface area contributed by atoms with Crippen molar-refractivity contribution < 1.29 is 17.9 Å². The Morgan fingerprint density at radius 1 is 1.23 bits per heavy atom. The highest BCUT2D eigenvalue weighted by Gasteiger charge is 2.37. The summed E-state index contributed by atoms with van der Waals surface area (Å²) in [5.74, 6) is 0. The number of methoxy groups -OCH3 is 2. The molecule has 2 unspecified atom stereocenters. The van der Waals surface area contributed by atoms with Crippen LogP contribution in [0.25, 0.3) is 0 Å². The summed E-state index contributed by atoms with van der Waals surface area (Å²) < 4.78 is 33.2. The van der Waals surface area contributed by atoms with Crippen LogP contribution in [0.4, 0.5) is 0 Å². The molecule has 6 nitrogen and oxygen atoms in total. The maximum Gasteiger partial charge on any atom is 0.277 e. The van der Waals surface area contributed by atoms with Gasteiger partial charge in [-0.2, -0.15) is 12.7 Å². The summed E-state index contributed by atoms with van der Waals surface area (Å²) in [5, 5.41) is 4.96. The Hall–Kier alpha value is -0.210. The van der Waals surface area contributed by atoms with Gasteiger partial charge >= 0.3 is 0 Å². The molecule has 0 amide bonds. The molecule has 1 heterocycles. The van der Waals surface area contributed by atoms with Crippen LogP contribution in [0.2, 0.25) is 0 Å². The minimum Gasteiger partial charge on any atom is -0.377 e. The molecule has 2 N–H and O–H groups in total. The predicted molar refractivity (Wildman–Crippen MR) is 46.3 cm³/mol. The molecule has 0 bridgehead atoms. The van der Waals surface area contributed by atoms with Gasteiger partial charge in [0.15, 0.2) is 0 Å². The van der Waals surface area contributed by atoms with Gasteiger partial charge in [0.05, 0.1) is 12.2 Å². The topological polar surface area (TPSA) is 81.9 Å². The van der Waals surface area contributed by atoms with E-state index in [1.165, 1.54) is 14.2 Å². The van der Waals surface area contributed by atoms with E-state index in [4.69, 9.17) is 14.6 Å². The smallest absolute Gasteiger partial charge is 0.277 e. The van der Waals surface area contributed by atoms with Crippen molar-refractivity contribution in [3.63, 3.8) is 0 Å². The number of rotatable bonds is 3. The summed E-state index contributed by atoms with van der Waals surface area (Å²) in [6.07, 6.45) is -0.466. The van der Waals surface area contributed by atoms with Crippen molar-refractivity contribution in [1.82, 2.24) is 4.31 Å². The SMILES string of the molecule is COC1CN(S(N)(=O)=O)CC1OC. The van der Waals surface area contributed by atoms with Gasteiger partial charge in [0.1, 0.15) is 0 Å². The van der Waals surface area contributed by atoms with Crippen LogP contribution in [0, 0.1) is 0 Å². The molecule has 1 fully saturated rings. The van der Waals surface area contributed by atoms with Crippen molar-refractivity contribution in [1.29, 1.82) is 0 Å². The maximum atomic E-state index is 10.9. The summed E-state index contributed by atoms with van der Waals surface area (Å²) in [4.78, 5) is 0. The van der Waals surface area contributed by atoms with Gasteiger partial charge in [-0.05, 0) is 0 Å². The second-order valence-electron chi connectivity index (χ2n) is 2.91. The van der Waals surface area contributed by atoms with E-state index in [0.29, 0.717) is 0 Å². The summed E-state index contributed by atoms with van der Waals surface area (Å²) in [5.41, 5.74) is 0. The van der Waals surface area contributed by atoms with Gasteiger partial charge in [-0.15, -0.1) is 0 Å². The maximum absolute atomic E-state index is 10.9. The highest BCUT2D eigenvalue weighted by molar-refractivity contribution is 7.86. The molecule has 1 saturated heterocycles. The molecule has 0 saturated carbocycles. The molecule has 1 rings (SSSR count). The van der Waals surface area contributed by atoms with Crippen molar-refractivity contribution in [3.05, 3.63) is 0 Å². The first-order chi connectivity index (χ1) is 5.99. The molecular formula is C6H14N2O4S. The Labute approximate surface area is 77.8 Å². The summed E-state index contributed by atoms with van der Waals surface area (Å²) in [6.45, 7) is 0.516. The van der Waals surface area contributed by atoms with Crippen molar-refractivity contribution in [2.24, 2.45) is 5.14 Å². The first kappa shape index (κ1) is 10.9. The van der Waals surface area contributed by atoms with E-state index in [1.807, 2.05) is 0 Å². The minimum absolute atomic E-state index is 0.233. The zero-order valence-electron chi connectivity index (χ0n) is 7.63. The van der Waals surface area contributed by atoms with Crippen molar-refractivity contribution in [2.75, 3.05) is 27.3 Å². The second-order valence-corrected chi connectivity index (χ2v) is 4.46. The van der Waals surface area contributed by atoms with E-state index >= 15 is 0 Å². The Balaban J connectivity index is 2.69. The number of nitrogens with zero attached hydrogens (tertiary/aromatic N) is 1. The molecule has 78 valence electrons. The van der Waals surface area contributed by atoms with Crippen LogP contribution in [-0.4, -0.2) is 52.2 Å². The average molecular weight is 210 g/mol. The fourth-order valence-corrected chi connectivity index (χ4v) is 2.08. The Morgan fingerprint density at radius 3 is 1.85 bits per heavy atom. The normalized spacial score (nSPS) is 31.0. The van der Waals surface area contributed by atoms with E-state index in [9.17, 15) is 8.42 Å². The predicted octanol–water partition coefficient (Wildman–Crippen LogP) is -1.46. The summed E-state index contributed by atoms with van der Waals surface area (Å²) in [6, 6.07) is 0. The lowest BCUT2D eigenvalue weighted by molar-refractivity contribution is -0.00461. The first-order valence-electron chi connectivity index (χ1n) is 3.82. The summed E-state index contributed by atoms with van der Waals surface area (Å²) in [7, 11) is -0.581. The number of hydrogen-bond donors (Lipinski definition) is 1. The highest BCUT2D eigenvalue weighted by Crippen LogP contribution is 2.16. The van der Waals surface area contributed by atoms with E-state index < -0.39 is 10.2 Å². The molecule has 0 aromatic rings. The van der Waals surface area contributed by atoms with Crippen LogP contribution in [0.15, 0.2) is 0 Å². The third-order valence-corrected chi connectivity index (χ3v) is 3.17. The van der Waals surface area contributed by atoms with E-state index in [0.717, 1.165) is 4.31 Å². The number of ether oxygens (including phenoxy) is 2. The molecule has 0 radical (unpaired) electrons. The van der Waals surface area contributed by atoms with Gasteiger partial charge < -0.3 is 9.47 Å². The third kappa shape index (κ3) is 2.38. The Morgan fingerprint density at radius 2 is 1.62 bits per heavy atom. The minimum atomic E-state index is -3.62. The van der Waals surface area contributed by atoms with Crippen LogP contribution in [0.3, 0.4) is 0 Å².